The van der Waals surface area contributed by atoms with Crippen LogP contribution < -0.4 is 4.74 Å². The number of benzene rings is 1. The lowest BCUT2D eigenvalue weighted by molar-refractivity contribution is 0.134. The predicted octanol–water partition coefficient (Wildman–Crippen LogP) is 2.96. The van der Waals surface area contributed by atoms with Gasteiger partial charge in [0.15, 0.2) is 0 Å². The zero-order valence-corrected chi connectivity index (χ0v) is 18.2. The van der Waals surface area contributed by atoms with Gasteiger partial charge in [-0.2, -0.15) is 12.6 Å². The van der Waals surface area contributed by atoms with Crippen LogP contribution in [-0.2, 0) is 7.05 Å². The van der Waals surface area contributed by atoms with Crippen molar-refractivity contribution in [2.75, 3.05) is 18.8 Å². The lowest BCUT2D eigenvalue weighted by Gasteiger charge is -2.30. The molecule has 4 rings (SSSR count). The largest absolute Gasteiger partial charge is 0.415 e. The number of hydrogen-bond donors (Lipinski definition) is 2. The van der Waals surface area contributed by atoms with E-state index in [1.54, 1.807) is 45.9 Å². The highest BCUT2D eigenvalue weighted by Gasteiger charge is 2.25. The van der Waals surface area contributed by atoms with E-state index in [1.807, 2.05) is 19.2 Å². The van der Waals surface area contributed by atoms with E-state index in [9.17, 15) is 4.79 Å². The molecule has 11 heteroatoms. The van der Waals surface area contributed by atoms with Crippen LogP contribution in [0.25, 0.3) is 0 Å². The Kier molecular flexibility index (Phi) is 6.58. The summed E-state index contributed by atoms with van der Waals surface area (Å²) in [5.74, 6) is 2.78. The number of amides is 1. The molecule has 158 valence electrons. The van der Waals surface area contributed by atoms with Gasteiger partial charge in [-0.3, -0.25) is 0 Å². The minimum atomic E-state index is -0.306. The number of imidazole rings is 1. The molecule has 0 saturated carbocycles. The molecule has 1 aliphatic heterocycles. The lowest BCUT2D eigenvalue weighted by Crippen LogP contribution is -2.40. The summed E-state index contributed by atoms with van der Waals surface area (Å²) in [6.07, 6.45) is 5.04. The Morgan fingerprint density at radius 1 is 1.33 bits per heavy atom. The molecule has 0 radical (unpaired) electrons. The van der Waals surface area contributed by atoms with E-state index < -0.39 is 0 Å². The van der Waals surface area contributed by atoms with E-state index in [0.717, 1.165) is 35.1 Å². The van der Waals surface area contributed by atoms with Crippen LogP contribution in [0.3, 0.4) is 0 Å². The molecule has 1 amide bonds. The van der Waals surface area contributed by atoms with Gasteiger partial charge in [0.2, 0.25) is 5.16 Å². The molecule has 1 unspecified atom stereocenters. The monoisotopic (exact) mass is 445 g/mol. The third kappa shape index (κ3) is 4.96. The van der Waals surface area contributed by atoms with Gasteiger partial charge in [-0.1, -0.05) is 23.9 Å². The molecule has 1 saturated heterocycles. The third-order valence-electron chi connectivity index (χ3n) is 5.08. The van der Waals surface area contributed by atoms with Gasteiger partial charge in [-0.25, -0.2) is 14.5 Å². The second-order valence-electron chi connectivity index (χ2n) is 7.14. The second-order valence-corrected chi connectivity index (χ2v) is 8.64. The summed E-state index contributed by atoms with van der Waals surface area (Å²) in [6, 6.07) is 7.37. The Morgan fingerprint density at radius 3 is 2.73 bits per heavy atom. The van der Waals surface area contributed by atoms with Gasteiger partial charge in [0.05, 0.1) is 5.25 Å². The van der Waals surface area contributed by atoms with Gasteiger partial charge in [-0.15, -0.1) is 5.10 Å². The number of nitrogens with one attached hydrogen (secondary N) is 1. The van der Waals surface area contributed by atoms with Crippen molar-refractivity contribution in [2.24, 2.45) is 13.0 Å². The van der Waals surface area contributed by atoms with Crippen molar-refractivity contribution in [2.45, 2.75) is 23.2 Å². The number of hydrogen-bond acceptors (Lipinski definition) is 8. The Hall–Kier alpha value is -2.53. The molecule has 9 nitrogen and oxygen atoms in total. The molecule has 1 aromatic carbocycles. The van der Waals surface area contributed by atoms with E-state index in [1.165, 1.54) is 0 Å². The van der Waals surface area contributed by atoms with Crippen LogP contribution in [0.5, 0.6) is 5.75 Å². The number of likely N-dealkylation sites (tertiary alicyclic amines) is 1. The number of aromatic amines is 1. The van der Waals surface area contributed by atoms with Crippen molar-refractivity contribution in [3.63, 3.8) is 0 Å². The normalized spacial score (nSPS) is 15.9. The van der Waals surface area contributed by atoms with E-state index >= 15 is 0 Å². The summed E-state index contributed by atoms with van der Waals surface area (Å²) in [7, 11) is 1.83. The number of thiol groups is 1. The molecule has 1 N–H and O–H groups in total. The highest BCUT2D eigenvalue weighted by molar-refractivity contribution is 7.99. The summed E-state index contributed by atoms with van der Waals surface area (Å²) in [6.45, 7) is 1.38. The van der Waals surface area contributed by atoms with Crippen molar-refractivity contribution >= 4 is 30.5 Å². The van der Waals surface area contributed by atoms with Gasteiger partial charge in [-0.05, 0) is 46.9 Å². The van der Waals surface area contributed by atoms with Crippen LogP contribution in [0.4, 0.5) is 4.79 Å². The number of carbonyl (C=O) groups excluding carboxylic acids is 1. The smallest absolute Gasteiger partial charge is 0.410 e. The summed E-state index contributed by atoms with van der Waals surface area (Å²) < 4.78 is 7.23. The maximum Gasteiger partial charge on any atom is 0.415 e. The maximum absolute atomic E-state index is 12.5. The minimum absolute atomic E-state index is 0.154. The quantitative estimate of drug-likeness (QED) is 0.444. The highest BCUT2D eigenvalue weighted by Crippen LogP contribution is 2.28. The average Bonchev–Trinajstić information content (AvgIpc) is 3.45. The van der Waals surface area contributed by atoms with Crippen molar-refractivity contribution < 1.29 is 9.53 Å². The number of tetrazole rings is 1. The molecule has 3 heterocycles. The number of rotatable bonds is 6. The fourth-order valence-electron chi connectivity index (χ4n) is 3.29. The molecule has 1 atom stereocenters. The van der Waals surface area contributed by atoms with Crippen LogP contribution in [0.1, 0.15) is 29.5 Å². The van der Waals surface area contributed by atoms with E-state index in [2.05, 4.69) is 38.1 Å². The topological polar surface area (TPSA) is 102 Å². The van der Waals surface area contributed by atoms with Gasteiger partial charge >= 0.3 is 6.09 Å². The Balaban J connectivity index is 1.24. The fourth-order valence-corrected chi connectivity index (χ4v) is 4.64. The molecular weight excluding hydrogens is 422 g/mol. The number of H-pyrrole nitrogens is 1. The molecular formula is C19H23N7O2S2. The van der Waals surface area contributed by atoms with Crippen molar-refractivity contribution in [3.8, 4) is 5.75 Å². The van der Waals surface area contributed by atoms with Crippen LogP contribution in [0.2, 0.25) is 0 Å². The number of ether oxygens (including phenoxy) is 1. The van der Waals surface area contributed by atoms with Gasteiger partial charge in [0.25, 0.3) is 0 Å². The third-order valence-corrected chi connectivity index (χ3v) is 6.87. The summed E-state index contributed by atoms with van der Waals surface area (Å²) in [5, 5.41) is 12.1. The first-order valence-electron chi connectivity index (χ1n) is 9.69. The summed E-state index contributed by atoms with van der Waals surface area (Å²) >= 11 is 6.24. The first-order chi connectivity index (χ1) is 14.6. The molecule has 2 aromatic heterocycles. The van der Waals surface area contributed by atoms with Crippen LogP contribution >= 0.6 is 24.4 Å². The van der Waals surface area contributed by atoms with Crippen LogP contribution in [-0.4, -0.2) is 60.0 Å². The Labute approximate surface area is 184 Å². The highest BCUT2D eigenvalue weighted by atomic mass is 32.2. The van der Waals surface area contributed by atoms with Crippen molar-refractivity contribution in [1.29, 1.82) is 0 Å². The number of nitrogens with zero attached hydrogens (tertiary/aromatic N) is 6. The van der Waals surface area contributed by atoms with Crippen LogP contribution in [0.15, 0.2) is 41.8 Å². The maximum atomic E-state index is 12.5. The predicted molar refractivity (Wildman–Crippen MR) is 116 cm³/mol. The van der Waals surface area contributed by atoms with Gasteiger partial charge < -0.3 is 14.6 Å². The summed E-state index contributed by atoms with van der Waals surface area (Å²) in [5.41, 5.74) is 0.976. The van der Waals surface area contributed by atoms with Crippen LogP contribution in [0, 0.1) is 5.92 Å². The minimum Gasteiger partial charge on any atom is -0.410 e. The first-order valence-corrected chi connectivity index (χ1v) is 11.2. The van der Waals surface area contributed by atoms with E-state index in [0.29, 0.717) is 24.8 Å². The average molecular weight is 446 g/mol. The number of carbonyl (C=O) groups is 1. The molecule has 0 spiro atoms. The van der Waals surface area contributed by atoms with E-state index in [4.69, 9.17) is 4.74 Å². The zero-order chi connectivity index (χ0) is 20.9. The fraction of sp³-hybridized carbons (Fsp3) is 0.421. The molecule has 1 aliphatic rings. The van der Waals surface area contributed by atoms with Gasteiger partial charge in [0, 0.05) is 38.3 Å². The number of aryl methyl sites for hydroxylation is 1. The van der Waals surface area contributed by atoms with Gasteiger partial charge in [0.1, 0.15) is 11.6 Å². The summed E-state index contributed by atoms with van der Waals surface area (Å²) in [4.78, 5) is 21.6. The Morgan fingerprint density at radius 2 is 2.10 bits per heavy atom. The number of thioether (sulfide) groups is 1. The van der Waals surface area contributed by atoms with Crippen molar-refractivity contribution in [1.82, 2.24) is 35.1 Å². The number of piperidine rings is 1. The van der Waals surface area contributed by atoms with E-state index in [-0.39, 0.29) is 11.3 Å². The molecule has 3 aromatic rings. The first kappa shape index (κ1) is 20.7. The SMILES string of the molecule is Cn1nnnc1SCC1CCN(C(=O)Oc2ccc(C(S)c3ncc[nH]3)cc2)CC1. The standard InChI is InChI=1S/C19H23N7O2S2/c1-25-18(22-23-24-25)30-12-13-6-10-26(11-7-13)19(27)28-15-4-2-14(3-5-15)16(29)17-20-8-9-21-17/h2-5,8-9,13,16,29H,6-7,10-12H2,1H3,(H,20,21). The number of aromatic nitrogens is 6. The second kappa shape index (κ2) is 9.52. The zero-order valence-electron chi connectivity index (χ0n) is 16.5. The molecule has 0 aliphatic carbocycles. The Bertz CT molecular complexity index is 954. The molecule has 0 bridgehead atoms. The lowest BCUT2D eigenvalue weighted by atomic mass is 9.99. The van der Waals surface area contributed by atoms with Crippen molar-refractivity contribution in [3.05, 3.63) is 48.0 Å². The molecule has 30 heavy (non-hydrogen) atoms. The molecule has 1 fully saturated rings.